The molecule has 0 saturated carbocycles. The van der Waals surface area contributed by atoms with Crippen LogP contribution in [0.3, 0.4) is 0 Å². The molecule has 0 fully saturated rings. The predicted octanol–water partition coefficient (Wildman–Crippen LogP) is 6.83. The Labute approximate surface area is 216 Å². The fraction of sp³-hybridized carbons (Fsp3) is 0.375. The Hall–Kier alpha value is -2.59. The van der Waals surface area contributed by atoms with Crippen LogP contribution in [0.25, 0.3) is 0 Å². The molecule has 1 N–H and O–H groups in total. The molecule has 0 spiro atoms. The van der Waals surface area contributed by atoms with Gasteiger partial charge in [-0.05, 0) is 76.4 Å². The molecule has 0 aromatic heterocycles. The van der Waals surface area contributed by atoms with Crippen LogP contribution >= 0.6 is 31.9 Å². The van der Waals surface area contributed by atoms with Crippen LogP contribution in [0.4, 0.5) is 22.7 Å². The van der Waals surface area contributed by atoms with E-state index < -0.39 is 0 Å². The minimum absolute atomic E-state index is 0.218. The lowest BCUT2D eigenvalue weighted by Crippen LogP contribution is -2.30. The van der Waals surface area contributed by atoms with Crippen molar-refractivity contribution in [3.05, 3.63) is 44.3 Å². The number of imide groups is 1. The molecular formula is C24H27Br2N5O3. The van der Waals surface area contributed by atoms with Gasteiger partial charge in [-0.1, -0.05) is 13.3 Å². The van der Waals surface area contributed by atoms with E-state index in [1.807, 2.05) is 19.1 Å². The van der Waals surface area contributed by atoms with Crippen molar-refractivity contribution in [3.8, 4) is 0 Å². The molecule has 0 aliphatic carbocycles. The minimum Gasteiger partial charge on any atom is -0.372 e. The lowest BCUT2D eigenvalue weighted by Gasteiger charge is -2.22. The molecule has 10 heteroatoms. The summed E-state index contributed by atoms with van der Waals surface area (Å²) in [4.78, 5) is 40.9. The van der Waals surface area contributed by atoms with E-state index in [-0.39, 0.29) is 23.3 Å². The number of amides is 3. The number of rotatable bonds is 9. The topological polar surface area (TPSA) is 94.4 Å². The third-order valence-electron chi connectivity index (χ3n) is 5.54. The van der Waals surface area contributed by atoms with Gasteiger partial charge in [0.1, 0.15) is 11.4 Å². The highest BCUT2D eigenvalue weighted by Gasteiger charge is 2.38. The Kier molecular flexibility index (Phi) is 8.59. The number of carbonyl (C=O) groups excluding carboxylic acids is 3. The summed E-state index contributed by atoms with van der Waals surface area (Å²) in [5.41, 5.74) is 2.98. The molecule has 0 radical (unpaired) electrons. The predicted molar refractivity (Wildman–Crippen MR) is 141 cm³/mol. The first-order valence-electron chi connectivity index (χ1n) is 11.2. The Bertz CT molecular complexity index is 1160. The van der Waals surface area contributed by atoms with Crippen molar-refractivity contribution >= 4 is 72.3 Å². The van der Waals surface area contributed by atoms with E-state index in [2.05, 4.69) is 66.2 Å². The fourth-order valence-electron chi connectivity index (χ4n) is 3.76. The summed E-state index contributed by atoms with van der Waals surface area (Å²) in [6, 6.07) is 7.19. The van der Waals surface area contributed by atoms with Crippen LogP contribution in [0.2, 0.25) is 0 Å². The van der Waals surface area contributed by atoms with Gasteiger partial charge in [0.05, 0.1) is 21.3 Å². The third-order valence-corrected chi connectivity index (χ3v) is 6.92. The van der Waals surface area contributed by atoms with Crippen LogP contribution in [-0.2, 0) is 4.79 Å². The normalized spacial score (nSPS) is 13.1. The summed E-state index contributed by atoms with van der Waals surface area (Å²) in [6.07, 6.45) is 1.62. The van der Waals surface area contributed by atoms with Crippen LogP contribution in [0.5, 0.6) is 0 Å². The average molecular weight is 593 g/mol. The molecule has 180 valence electrons. The number of azo groups is 1. The van der Waals surface area contributed by atoms with Gasteiger partial charge in [-0.3, -0.25) is 19.3 Å². The summed E-state index contributed by atoms with van der Waals surface area (Å²) in [6.45, 7) is 9.60. The summed E-state index contributed by atoms with van der Waals surface area (Å²) >= 11 is 6.93. The maximum absolute atomic E-state index is 12.9. The lowest BCUT2D eigenvalue weighted by molar-refractivity contribution is -0.114. The first kappa shape index (κ1) is 26.0. The fourth-order valence-corrected chi connectivity index (χ4v) is 5.21. The average Bonchev–Trinajstić information content (AvgIpc) is 3.03. The number of unbranched alkanes of at least 4 members (excludes halogenated alkanes) is 1. The summed E-state index contributed by atoms with van der Waals surface area (Å²) in [5.74, 6) is -0.866. The summed E-state index contributed by atoms with van der Waals surface area (Å²) in [7, 11) is 0. The highest BCUT2D eigenvalue weighted by atomic mass is 79.9. The van der Waals surface area contributed by atoms with Gasteiger partial charge in [-0.25, -0.2) is 0 Å². The van der Waals surface area contributed by atoms with Gasteiger partial charge in [0.15, 0.2) is 0 Å². The zero-order chi connectivity index (χ0) is 25.0. The van der Waals surface area contributed by atoms with Crippen molar-refractivity contribution in [2.45, 2.75) is 40.5 Å². The smallest absolute Gasteiger partial charge is 0.262 e. The number of benzene rings is 2. The second-order valence-electron chi connectivity index (χ2n) is 7.81. The maximum atomic E-state index is 12.9. The second-order valence-corrected chi connectivity index (χ2v) is 9.46. The Morgan fingerprint density at radius 3 is 2.38 bits per heavy atom. The molecule has 2 aromatic rings. The number of fused-ring (bicyclic) bond motifs is 1. The van der Waals surface area contributed by atoms with Gasteiger partial charge in [-0.2, -0.15) is 0 Å². The minimum atomic E-state index is -0.341. The molecule has 0 unspecified atom stereocenters. The Morgan fingerprint density at radius 1 is 1.06 bits per heavy atom. The zero-order valence-electron chi connectivity index (χ0n) is 19.6. The lowest BCUT2D eigenvalue weighted by atomic mass is 10.1. The maximum Gasteiger partial charge on any atom is 0.262 e. The highest BCUT2D eigenvalue weighted by molar-refractivity contribution is 9.11. The highest BCUT2D eigenvalue weighted by Crippen LogP contribution is 2.43. The number of nitrogens with one attached hydrogen (secondary N) is 1. The van der Waals surface area contributed by atoms with Gasteiger partial charge >= 0.3 is 0 Å². The third kappa shape index (κ3) is 5.22. The number of halogens is 2. The molecule has 1 aliphatic rings. The van der Waals surface area contributed by atoms with E-state index in [0.29, 0.717) is 38.1 Å². The molecule has 3 rings (SSSR count). The number of anilines is 2. The molecule has 0 atom stereocenters. The Morgan fingerprint density at radius 2 is 1.76 bits per heavy atom. The van der Waals surface area contributed by atoms with E-state index in [0.717, 1.165) is 31.6 Å². The molecular weight excluding hydrogens is 566 g/mol. The summed E-state index contributed by atoms with van der Waals surface area (Å²) in [5, 5.41) is 11.5. The van der Waals surface area contributed by atoms with Crippen molar-refractivity contribution in [3.63, 3.8) is 0 Å². The van der Waals surface area contributed by atoms with Crippen molar-refractivity contribution in [2.75, 3.05) is 29.9 Å². The van der Waals surface area contributed by atoms with Crippen LogP contribution in [0, 0.1) is 0 Å². The largest absolute Gasteiger partial charge is 0.372 e. The van der Waals surface area contributed by atoms with Gasteiger partial charge < -0.3 is 10.2 Å². The quantitative estimate of drug-likeness (QED) is 0.255. The van der Waals surface area contributed by atoms with E-state index in [1.54, 1.807) is 12.1 Å². The van der Waals surface area contributed by atoms with Gasteiger partial charge in [0.25, 0.3) is 11.8 Å². The SMILES string of the molecule is CCCCN1C(=O)c2cc(Br)c(N=Nc3ccc(N(CC)CC)cc3NC(C)=O)c(Br)c2C1=O. The second kappa shape index (κ2) is 11.2. The molecule has 34 heavy (non-hydrogen) atoms. The summed E-state index contributed by atoms with van der Waals surface area (Å²) < 4.78 is 0.931. The van der Waals surface area contributed by atoms with Gasteiger partial charge in [0, 0.05) is 36.7 Å². The van der Waals surface area contributed by atoms with Crippen molar-refractivity contribution in [1.29, 1.82) is 0 Å². The van der Waals surface area contributed by atoms with E-state index in [4.69, 9.17) is 0 Å². The Balaban J connectivity index is 2.01. The van der Waals surface area contributed by atoms with Crippen molar-refractivity contribution in [2.24, 2.45) is 10.2 Å². The van der Waals surface area contributed by atoms with Crippen LogP contribution in [0.1, 0.15) is 61.3 Å². The number of nitrogens with zero attached hydrogens (tertiary/aromatic N) is 4. The van der Waals surface area contributed by atoms with Crippen LogP contribution in [0.15, 0.2) is 43.4 Å². The molecule has 3 amide bonds. The zero-order valence-corrected chi connectivity index (χ0v) is 22.8. The van der Waals surface area contributed by atoms with Crippen LogP contribution in [-0.4, -0.2) is 42.3 Å². The van der Waals surface area contributed by atoms with Crippen molar-refractivity contribution < 1.29 is 14.4 Å². The molecule has 2 aromatic carbocycles. The molecule has 1 aliphatic heterocycles. The van der Waals surface area contributed by atoms with E-state index in [1.165, 1.54) is 11.8 Å². The molecule has 0 bridgehead atoms. The first-order chi connectivity index (χ1) is 16.2. The van der Waals surface area contributed by atoms with Crippen molar-refractivity contribution in [1.82, 2.24) is 4.90 Å². The van der Waals surface area contributed by atoms with Gasteiger partial charge in [-0.15, -0.1) is 10.2 Å². The molecule has 8 nitrogen and oxygen atoms in total. The standard InChI is InChI=1S/C24H27Br2N5O3/c1-5-8-11-31-23(33)16-13-17(25)22(21(26)20(16)24(31)34)29-28-18-10-9-15(30(6-2)7-3)12-19(18)27-14(4)32/h9-10,12-13H,5-8,11H2,1-4H3,(H,27,32). The first-order valence-corrected chi connectivity index (χ1v) is 12.8. The monoisotopic (exact) mass is 591 g/mol. The molecule has 1 heterocycles. The number of hydrogen-bond donors (Lipinski definition) is 1. The van der Waals surface area contributed by atoms with Gasteiger partial charge in [0.2, 0.25) is 5.91 Å². The van der Waals surface area contributed by atoms with E-state index in [9.17, 15) is 14.4 Å². The number of carbonyl (C=O) groups is 3. The number of hydrogen-bond acceptors (Lipinski definition) is 6. The van der Waals surface area contributed by atoms with Crippen LogP contribution < -0.4 is 10.2 Å². The van der Waals surface area contributed by atoms with E-state index >= 15 is 0 Å². The molecule has 0 saturated heterocycles.